The van der Waals surface area contributed by atoms with E-state index in [-0.39, 0.29) is 6.10 Å². The molecule has 3 fully saturated rings. The highest BCUT2D eigenvalue weighted by Gasteiger charge is 2.50. The number of carbonyl (C=O) groups is 1. The lowest BCUT2D eigenvalue weighted by Gasteiger charge is -2.38. The Morgan fingerprint density at radius 3 is 2.49 bits per heavy atom. The van der Waals surface area contributed by atoms with Crippen LogP contribution in [0, 0.1) is 5.92 Å². The summed E-state index contributed by atoms with van der Waals surface area (Å²) in [4.78, 5) is 13.6. The number of anilines is 1. The van der Waals surface area contributed by atoms with Gasteiger partial charge in [0.1, 0.15) is 0 Å². The first-order valence-electron chi connectivity index (χ1n) is 12.2. The van der Waals surface area contributed by atoms with Gasteiger partial charge in [0.25, 0.3) is 0 Å². The van der Waals surface area contributed by atoms with Crippen molar-refractivity contribution in [2.75, 3.05) is 4.90 Å². The molecule has 2 N–H and O–H groups in total. The van der Waals surface area contributed by atoms with E-state index in [0.29, 0.717) is 46.1 Å². The van der Waals surface area contributed by atoms with Crippen molar-refractivity contribution >= 4 is 34.9 Å². The van der Waals surface area contributed by atoms with Gasteiger partial charge in [-0.2, -0.15) is 5.10 Å². The summed E-state index contributed by atoms with van der Waals surface area (Å²) < 4.78 is 6.36. The van der Waals surface area contributed by atoms with Gasteiger partial charge in [-0.3, -0.25) is 5.10 Å². The summed E-state index contributed by atoms with van der Waals surface area (Å²) >= 11 is 13.1. The molecule has 2 heterocycles. The molecule has 2 bridgehead atoms. The Hall–Kier alpha value is -2.54. The number of H-pyrrole nitrogens is 1. The van der Waals surface area contributed by atoms with Crippen LogP contribution in [0.1, 0.15) is 60.1 Å². The molecular formula is C27H27Cl2N3O3. The van der Waals surface area contributed by atoms with Crippen LogP contribution in [0.25, 0.3) is 11.3 Å². The van der Waals surface area contributed by atoms with Gasteiger partial charge < -0.3 is 14.7 Å². The second-order valence-electron chi connectivity index (χ2n) is 10.1. The number of ether oxygens (including phenoxy) is 1. The Bertz CT molecular complexity index is 1250. The summed E-state index contributed by atoms with van der Waals surface area (Å²) in [6.07, 6.45) is 4.62. The first-order valence-corrected chi connectivity index (χ1v) is 12.9. The van der Waals surface area contributed by atoms with Crippen LogP contribution in [0.4, 0.5) is 5.69 Å². The molecule has 6 rings (SSSR count). The van der Waals surface area contributed by atoms with Crippen LogP contribution in [-0.4, -0.2) is 39.5 Å². The Kier molecular flexibility index (Phi) is 5.78. The zero-order valence-corrected chi connectivity index (χ0v) is 20.9. The molecule has 3 aromatic rings. The molecule has 35 heavy (non-hydrogen) atoms. The van der Waals surface area contributed by atoms with Gasteiger partial charge in [-0.15, -0.1) is 0 Å². The quantitative estimate of drug-likeness (QED) is 0.376. The number of nitrogens with zero attached hydrogens (tertiary/aromatic N) is 2. The third-order valence-corrected chi connectivity index (χ3v) is 8.44. The van der Waals surface area contributed by atoms with Gasteiger partial charge in [0.05, 0.1) is 39.7 Å². The molecule has 0 radical (unpaired) electrons. The highest BCUT2D eigenvalue weighted by Crippen LogP contribution is 2.47. The first kappa shape index (κ1) is 22.9. The Labute approximate surface area is 214 Å². The van der Waals surface area contributed by atoms with Crippen LogP contribution < -0.4 is 4.90 Å². The van der Waals surface area contributed by atoms with Crippen molar-refractivity contribution in [3.05, 3.63) is 69.3 Å². The summed E-state index contributed by atoms with van der Waals surface area (Å²) in [7, 11) is 0. The highest BCUT2D eigenvalue weighted by atomic mass is 35.5. The van der Waals surface area contributed by atoms with E-state index in [1.165, 1.54) is 18.4 Å². The van der Waals surface area contributed by atoms with Crippen LogP contribution in [0.2, 0.25) is 10.0 Å². The predicted octanol–water partition coefficient (Wildman–Crippen LogP) is 6.53. The molecule has 2 aliphatic carbocycles. The monoisotopic (exact) mass is 511 g/mol. The van der Waals surface area contributed by atoms with Crippen molar-refractivity contribution < 1.29 is 14.6 Å². The van der Waals surface area contributed by atoms with Crippen LogP contribution in [0.5, 0.6) is 0 Å². The lowest BCUT2D eigenvalue weighted by molar-refractivity contribution is 0.00258. The molecule has 2 aromatic carbocycles. The number of aromatic amines is 1. The van der Waals surface area contributed by atoms with E-state index in [1.54, 1.807) is 12.1 Å². The lowest BCUT2D eigenvalue weighted by atomic mass is 9.96. The number of hydrogen-bond donors (Lipinski definition) is 2. The molecule has 6 nitrogen and oxygen atoms in total. The topological polar surface area (TPSA) is 78.5 Å². The summed E-state index contributed by atoms with van der Waals surface area (Å²) in [5.41, 5.74) is 4.99. The van der Waals surface area contributed by atoms with Crippen LogP contribution >= 0.6 is 23.2 Å². The number of rotatable bonds is 7. The van der Waals surface area contributed by atoms with Gasteiger partial charge in [0.2, 0.25) is 0 Å². The maximum Gasteiger partial charge on any atom is 0.335 e. The second kappa shape index (κ2) is 8.84. The lowest BCUT2D eigenvalue weighted by Crippen LogP contribution is -2.45. The average molecular weight is 512 g/mol. The van der Waals surface area contributed by atoms with Crippen LogP contribution in [0.3, 0.4) is 0 Å². The maximum absolute atomic E-state index is 11.2. The van der Waals surface area contributed by atoms with Gasteiger partial charge in [-0.05, 0) is 86.6 Å². The number of benzene rings is 2. The van der Waals surface area contributed by atoms with E-state index in [2.05, 4.69) is 22.0 Å². The van der Waals surface area contributed by atoms with E-state index < -0.39 is 5.97 Å². The zero-order chi connectivity index (χ0) is 24.3. The molecule has 2 saturated carbocycles. The Balaban J connectivity index is 1.10. The molecule has 1 aromatic heterocycles. The molecule has 4 atom stereocenters. The largest absolute Gasteiger partial charge is 0.478 e. The van der Waals surface area contributed by atoms with Crippen molar-refractivity contribution in [3.8, 4) is 11.3 Å². The van der Waals surface area contributed by atoms with Crippen molar-refractivity contribution in [1.29, 1.82) is 0 Å². The number of piperidine rings is 1. The number of fused-ring (bicyclic) bond motifs is 2. The zero-order valence-electron chi connectivity index (χ0n) is 19.4. The summed E-state index contributed by atoms with van der Waals surface area (Å²) in [6.45, 7) is 2.69. The van der Waals surface area contributed by atoms with Crippen molar-refractivity contribution in [2.24, 2.45) is 5.92 Å². The fourth-order valence-corrected chi connectivity index (χ4v) is 6.64. The van der Waals surface area contributed by atoms with E-state index in [9.17, 15) is 4.79 Å². The normalized spacial score (nSPS) is 25.4. The van der Waals surface area contributed by atoms with Gasteiger partial charge in [0.15, 0.2) is 0 Å². The average Bonchev–Trinajstić information content (AvgIpc) is 3.32. The second-order valence-corrected chi connectivity index (χ2v) is 10.9. The minimum atomic E-state index is -0.900. The SMILES string of the molecule is C[C@@H]1[C@@H]2C[C@@H](C[C@H]2OCc2cc(-c3c(Cl)cc(C4CC4)cc3Cl)n[nH]2)N1c1ccc(C(=O)O)cc1. The number of halogens is 2. The van der Waals surface area contributed by atoms with Gasteiger partial charge in [-0.25, -0.2) is 4.79 Å². The number of carboxylic acid groups (broad SMARTS) is 1. The summed E-state index contributed by atoms with van der Waals surface area (Å²) in [5.74, 6) is 0.120. The molecule has 0 unspecified atom stereocenters. The van der Waals surface area contributed by atoms with E-state index in [1.807, 2.05) is 30.3 Å². The highest BCUT2D eigenvalue weighted by molar-refractivity contribution is 6.39. The van der Waals surface area contributed by atoms with Crippen molar-refractivity contribution in [1.82, 2.24) is 10.2 Å². The molecule has 0 spiro atoms. The Morgan fingerprint density at radius 2 is 1.86 bits per heavy atom. The molecule has 0 amide bonds. The number of aromatic nitrogens is 2. The molecule has 3 aliphatic rings. The predicted molar refractivity (Wildman–Crippen MR) is 136 cm³/mol. The molecule has 182 valence electrons. The summed E-state index contributed by atoms with van der Waals surface area (Å²) in [6, 6.07) is 13.9. The standard InChI is InChI=1S/C27H27Cl2N3O3/c1-14-21-11-20(32(14)19-6-4-16(5-7-19)27(33)34)12-25(21)35-13-18-10-24(31-30-18)26-22(28)8-17(9-23(26)29)15-2-3-15/h4-10,14-15,20-21,25H,2-3,11-13H2,1H3,(H,30,31)(H,33,34)/t14-,20+,21+,25-/m1/s1. The van der Waals surface area contributed by atoms with E-state index in [4.69, 9.17) is 33.0 Å². The summed E-state index contributed by atoms with van der Waals surface area (Å²) in [5, 5.41) is 18.0. The number of carboxylic acids is 1. The van der Waals surface area contributed by atoms with Crippen LogP contribution in [-0.2, 0) is 11.3 Å². The minimum Gasteiger partial charge on any atom is -0.478 e. The molecule has 1 saturated heterocycles. The number of nitrogens with one attached hydrogen (secondary N) is 1. The third-order valence-electron chi connectivity index (χ3n) is 7.84. The number of aromatic carboxylic acids is 1. The van der Waals surface area contributed by atoms with Gasteiger partial charge in [0, 0.05) is 29.3 Å². The van der Waals surface area contributed by atoms with E-state index in [0.717, 1.165) is 35.5 Å². The molecule has 8 heteroatoms. The fraction of sp³-hybridized carbons (Fsp3) is 0.407. The third kappa shape index (κ3) is 4.22. The first-order chi connectivity index (χ1) is 16.9. The molecular weight excluding hydrogens is 485 g/mol. The molecule has 1 aliphatic heterocycles. The smallest absolute Gasteiger partial charge is 0.335 e. The number of hydrogen-bond acceptors (Lipinski definition) is 4. The maximum atomic E-state index is 11.2. The van der Waals surface area contributed by atoms with Crippen molar-refractivity contribution in [3.63, 3.8) is 0 Å². The van der Waals surface area contributed by atoms with Gasteiger partial charge >= 0.3 is 5.97 Å². The van der Waals surface area contributed by atoms with Crippen LogP contribution in [0.15, 0.2) is 42.5 Å². The Morgan fingerprint density at radius 1 is 1.14 bits per heavy atom. The van der Waals surface area contributed by atoms with Crippen molar-refractivity contribution in [2.45, 2.75) is 63.3 Å². The van der Waals surface area contributed by atoms with E-state index >= 15 is 0 Å². The minimum absolute atomic E-state index is 0.182. The fourth-order valence-electron chi connectivity index (χ4n) is 5.94. The van der Waals surface area contributed by atoms with Gasteiger partial charge in [-0.1, -0.05) is 23.2 Å².